The molecule has 2 saturated heterocycles. The topological polar surface area (TPSA) is 62.5 Å². The van der Waals surface area contributed by atoms with Crippen LogP contribution in [0.25, 0.3) is 0 Å². The van der Waals surface area contributed by atoms with Crippen molar-refractivity contribution in [2.24, 2.45) is 0 Å². The van der Waals surface area contributed by atoms with Crippen LogP contribution in [0.2, 0.25) is 0 Å². The third-order valence-electron chi connectivity index (χ3n) is 3.79. The Morgan fingerprint density at radius 1 is 1.35 bits per heavy atom. The van der Waals surface area contributed by atoms with Crippen molar-refractivity contribution in [2.45, 2.75) is 76.0 Å². The molecule has 0 radical (unpaired) electrons. The van der Waals surface area contributed by atoms with Gasteiger partial charge in [0.05, 0.1) is 36.6 Å². The lowest BCUT2D eigenvalue weighted by atomic mass is 9.97. The summed E-state index contributed by atoms with van der Waals surface area (Å²) in [6.07, 6.45) is 4.91. The van der Waals surface area contributed by atoms with E-state index in [2.05, 4.69) is 6.07 Å². The third kappa shape index (κ3) is 2.98. The number of nitriles is 1. The highest BCUT2D eigenvalue weighted by Crippen LogP contribution is 2.35. The summed E-state index contributed by atoms with van der Waals surface area (Å²) in [5.41, 5.74) is 0. The molecule has 0 amide bonds. The maximum atomic E-state index is 9.79. The molecule has 0 aromatic carbocycles. The molecule has 0 saturated carbocycles. The van der Waals surface area contributed by atoms with Crippen molar-refractivity contribution in [1.29, 1.82) is 5.26 Å². The highest BCUT2D eigenvalue weighted by molar-refractivity contribution is 4.91. The van der Waals surface area contributed by atoms with Crippen molar-refractivity contribution in [2.75, 3.05) is 0 Å². The van der Waals surface area contributed by atoms with Gasteiger partial charge >= 0.3 is 0 Å². The lowest BCUT2D eigenvalue weighted by Gasteiger charge is -2.31. The van der Waals surface area contributed by atoms with Crippen LogP contribution in [0, 0.1) is 11.3 Å². The van der Waals surface area contributed by atoms with Crippen molar-refractivity contribution < 1.29 is 14.6 Å². The van der Waals surface area contributed by atoms with Crippen molar-refractivity contribution in [3.8, 4) is 6.07 Å². The van der Waals surface area contributed by atoms with E-state index in [0.717, 1.165) is 32.1 Å². The molecule has 2 aliphatic heterocycles. The first-order chi connectivity index (χ1) is 8.24. The predicted molar refractivity (Wildman–Crippen MR) is 62.3 cm³/mol. The quantitative estimate of drug-likeness (QED) is 0.812. The van der Waals surface area contributed by atoms with Crippen LogP contribution in [-0.2, 0) is 9.47 Å². The van der Waals surface area contributed by atoms with E-state index in [1.165, 1.54) is 0 Å². The van der Waals surface area contributed by atoms with Gasteiger partial charge in [-0.15, -0.1) is 0 Å². The Kier molecular flexibility index (Phi) is 4.38. The Bertz CT molecular complexity index is 289. The molecule has 0 aromatic heterocycles. The van der Waals surface area contributed by atoms with Gasteiger partial charge < -0.3 is 14.6 Å². The first-order valence-electron chi connectivity index (χ1n) is 6.60. The van der Waals surface area contributed by atoms with Crippen LogP contribution in [0.3, 0.4) is 0 Å². The summed E-state index contributed by atoms with van der Waals surface area (Å²) in [7, 11) is 0. The normalized spacial score (nSPS) is 38.4. The van der Waals surface area contributed by atoms with Crippen molar-refractivity contribution in [1.82, 2.24) is 0 Å². The van der Waals surface area contributed by atoms with Crippen LogP contribution in [0.15, 0.2) is 0 Å². The van der Waals surface area contributed by atoms with Crippen LogP contribution >= 0.6 is 0 Å². The number of hydrogen-bond donors (Lipinski definition) is 1. The molecule has 0 bridgehead atoms. The molecule has 2 fully saturated rings. The van der Waals surface area contributed by atoms with Gasteiger partial charge in [0.2, 0.25) is 0 Å². The zero-order valence-corrected chi connectivity index (χ0v) is 10.3. The molecule has 2 rings (SSSR count). The fourth-order valence-corrected chi connectivity index (χ4v) is 2.76. The summed E-state index contributed by atoms with van der Waals surface area (Å²) < 4.78 is 11.8. The van der Waals surface area contributed by atoms with Gasteiger partial charge in [-0.2, -0.15) is 5.26 Å². The van der Waals surface area contributed by atoms with Crippen LogP contribution in [0.1, 0.15) is 45.4 Å². The lowest BCUT2D eigenvalue weighted by Crippen LogP contribution is -2.35. The number of aliphatic hydroxyl groups is 1. The van der Waals surface area contributed by atoms with Gasteiger partial charge in [-0.3, -0.25) is 0 Å². The summed E-state index contributed by atoms with van der Waals surface area (Å²) >= 11 is 0. The molecule has 96 valence electrons. The second-order valence-electron chi connectivity index (χ2n) is 4.99. The largest absolute Gasteiger partial charge is 0.390 e. The van der Waals surface area contributed by atoms with Crippen molar-refractivity contribution >= 4 is 0 Å². The van der Waals surface area contributed by atoms with Crippen molar-refractivity contribution in [3.63, 3.8) is 0 Å². The SMILES string of the molecule is CCC(O)C1CC2OC(CCC#N)CC[C@@H]2O1. The second-order valence-corrected chi connectivity index (χ2v) is 4.99. The van der Waals surface area contributed by atoms with E-state index in [1.54, 1.807) is 0 Å². The summed E-state index contributed by atoms with van der Waals surface area (Å²) in [4.78, 5) is 0. The molecule has 5 atom stereocenters. The van der Waals surface area contributed by atoms with Gasteiger partial charge in [0.15, 0.2) is 0 Å². The first-order valence-corrected chi connectivity index (χ1v) is 6.60. The molecule has 2 aliphatic rings. The van der Waals surface area contributed by atoms with Crippen LogP contribution < -0.4 is 0 Å². The number of fused-ring (bicyclic) bond motifs is 1. The van der Waals surface area contributed by atoms with Gasteiger partial charge in [0.25, 0.3) is 0 Å². The monoisotopic (exact) mass is 239 g/mol. The molecular formula is C13H21NO3. The molecule has 0 aromatic rings. The molecule has 4 heteroatoms. The van der Waals surface area contributed by atoms with Gasteiger partial charge in [0, 0.05) is 12.8 Å². The highest BCUT2D eigenvalue weighted by Gasteiger charge is 2.42. The molecule has 17 heavy (non-hydrogen) atoms. The van der Waals surface area contributed by atoms with Gasteiger partial charge in [-0.05, 0) is 25.7 Å². The standard InChI is InChI=1S/C13H21NO3/c1-2-10(15)12-8-13-11(17-12)6-5-9(16-13)4-3-7-14/h9-13,15H,2-6,8H2,1H3/t9?,10?,11-,12?,13?/m0/s1. The lowest BCUT2D eigenvalue weighted by molar-refractivity contribution is -0.108. The van der Waals surface area contributed by atoms with E-state index in [0.29, 0.717) is 6.42 Å². The number of rotatable bonds is 4. The van der Waals surface area contributed by atoms with Crippen LogP contribution in [0.5, 0.6) is 0 Å². The molecule has 4 unspecified atom stereocenters. The fourth-order valence-electron chi connectivity index (χ4n) is 2.76. The molecule has 4 nitrogen and oxygen atoms in total. The fraction of sp³-hybridized carbons (Fsp3) is 0.923. The Hall–Kier alpha value is -0.630. The van der Waals surface area contributed by atoms with Crippen LogP contribution in [-0.4, -0.2) is 35.6 Å². The smallest absolute Gasteiger partial charge is 0.0866 e. The summed E-state index contributed by atoms with van der Waals surface area (Å²) in [6, 6.07) is 2.16. The Balaban J connectivity index is 1.84. The Labute approximate surface area is 103 Å². The zero-order chi connectivity index (χ0) is 12.3. The summed E-state index contributed by atoms with van der Waals surface area (Å²) in [5.74, 6) is 0. The van der Waals surface area contributed by atoms with E-state index < -0.39 is 0 Å². The molecular weight excluding hydrogens is 218 g/mol. The van der Waals surface area contributed by atoms with Crippen molar-refractivity contribution in [3.05, 3.63) is 0 Å². The molecule has 0 spiro atoms. The number of hydrogen-bond acceptors (Lipinski definition) is 4. The summed E-state index contributed by atoms with van der Waals surface area (Å²) in [5, 5.41) is 18.4. The average molecular weight is 239 g/mol. The van der Waals surface area contributed by atoms with E-state index in [1.807, 2.05) is 6.92 Å². The average Bonchev–Trinajstić information content (AvgIpc) is 2.78. The minimum absolute atomic E-state index is 0.0651. The van der Waals surface area contributed by atoms with E-state index in [9.17, 15) is 5.11 Å². The maximum Gasteiger partial charge on any atom is 0.0866 e. The molecule has 0 aliphatic carbocycles. The van der Waals surface area contributed by atoms with Gasteiger partial charge in [-0.25, -0.2) is 0 Å². The van der Waals surface area contributed by atoms with Gasteiger partial charge in [0.1, 0.15) is 0 Å². The van der Waals surface area contributed by atoms with E-state index in [4.69, 9.17) is 14.7 Å². The second kappa shape index (κ2) is 5.81. The van der Waals surface area contributed by atoms with E-state index >= 15 is 0 Å². The summed E-state index contributed by atoms with van der Waals surface area (Å²) in [6.45, 7) is 1.96. The number of aliphatic hydroxyl groups excluding tert-OH is 1. The van der Waals surface area contributed by atoms with Gasteiger partial charge in [-0.1, -0.05) is 6.92 Å². The maximum absolute atomic E-state index is 9.79. The highest BCUT2D eigenvalue weighted by atomic mass is 16.6. The van der Waals surface area contributed by atoms with Crippen LogP contribution in [0.4, 0.5) is 0 Å². The minimum Gasteiger partial charge on any atom is -0.390 e. The predicted octanol–water partition coefficient (Wildman–Crippen LogP) is 1.77. The Morgan fingerprint density at radius 2 is 2.18 bits per heavy atom. The molecule has 2 heterocycles. The molecule has 1 N–H and O–H groups in total. The minimum atomic E-state index is -0.373. The van der Waals surface area contributed by atoms with E-state index in [-0.39, 0.29) is 30.5 Å². The zero-order valence-electron chi connectivity index (χ0n) is 10.3. The Morgan fingerprint density at radius 3 is 2.88 bits per heavy atom. The number of ether oxygens (including phenoxy) is 2. The first kappa shape index (κ1) is 12.8. The number of nitrogens with zero attached hydrogens (tertiary/aromatic N) is 1. The third-order valence-corrected chi connectivity index (χ3v) is 3.79.